The fourth-order valence-corrected chi connectivity index (χ4v) is 2.42. The first-order chi connectivity index (χ1) is 11.1. The van der Waals surface area contributed by atoms with Crippen molar-refractivity contribution in [3.8, 4) is 0 Å². The summed E-state index contributed by atoms with van der Waals surface area (Å²) in [6.07, 6.45) is -0.885. The van der Waals surface area contributed by atoms with Gasteiger partial charge in [-0.05, 0) is 30.5 Å². The lowest BCUT2D eigenvalue weighted by Gasteiger charge is -2.13. The zero-order chi connectivity index (χ0) is 16.7. The third-order valence-electron chi connectivity index (χ3n) is 2.91. The number of amides is 2. The minimum absolute atomic E-state index is 0.117. The van der Waals surface area contributed by atoms with E-state index in [1.807, 2.05) is 17.5 Å². The first kappa shape index (κ1) is 16.7. The second kappa shape index (κ2) is 8.09. The summed E-state index contributed by atoms with van der Waals surface area (Å²) in [5.41, 5.74) is 4.91. The van der Waals surface area contributed by atoms with E-state index >= 15 is 0 Å². The molecule has 1 atom stereocenters. The van der Waals surface area contributed by atoms with Crippen molar-refractivity contribution in [1.29, 1.82) is 0 Å². The molecule has 2 amide bonds. The van der Waals surface area contributed by atoms with Gasteiger partial charge in [-0.25, -0.2) is 0 Å². The number of hydrogen-bond donors (Lipinski definition) is 2. The number of ether oxygens (including phenoxy) is 1. The van der Waals surface area contributed by atoms with Crippen LogP contribution in [0.15, 0.2) is 47.8 Å². The van der Waals surface area contributed by atoms with E-state index in [0.29, 0.717) is 5.56 Å². The molecule has 0 spiro atoms. The number of hydrazine groups is 1. The van der Waals surface area contributed by atoms with Gasteiger partial charge in [0.1, 0.15) is 0 Å². The molecule has 23 heavy (non-hydrogen) atoms. The molecule has 0 aliphatic heterocycles. The van der Waals surface area contributed by atoms with Gasteiger partial charge in [0.2, 0.25) is 0 Å². The van der Waals surface area contributed by atoms with Gasteiger partial charge in [0.25, 0.3) is 11.8 Å². The molecule has 0 unspecified atom stereocenters. The largest absolute Gasteiger partial charge is 0.452 e. The molecule has 2 aromatic rings. The number of carbonyl (C=O) groups is 3. The van der Waals surface area contributed by atoms with E-state index in [9.17, 15) is 14.4 Å². The zero-order valence-corrected chi connectivity index (χ0v) is 13.3. The number of thiophene rings is 1. The number of rotatable bonds is 5. The number of benzene rings is 1. The predicted octanol–water partition coefficient (Wildman–Crippen LogP) is 1.68. The van der Waals surface area contributed by atoms with Gasteiger partial charge in [-0.15, -0.1) is 11.3 Å². The van der Waals surface area contributed by atoms with Crippen LogP contribution in [0, 0.1) is 0 Å². The Kier molecular flexibility index (Phi) is 5.87. The highest BCUT2D eigenvalue weighted by molar-refractivity contribution is 7.10. The average molecular weight is 332 g/mol. The Balaban J connectivity index is 1.76. The summed E-state index contributed by atoms with van der Waals surface area (Å²) >= 11 is 1.44. The van der Waals surface area contributed by atoms with Crippen molar-refractivity contribution in [2.75, 3.05) is 0 Å². The predicted molar refractivity (Wildman–Crippen MR) is 85.6 cm³/mol. The van der Waals surface area contributed by atoms with Crippen LogP contribution >= 0.6 is 11.3 Å². The molecule has 2 N–H and O–H groups in total. The molecule has 1 aromatic heterocycles. The molecule has 0 saturated carbocycles. The smallest absolute Gasteiger partial charge is 0.311 e. The van der Waals surface area contributed by atoms with Gasteiger partial charge < -0.3 is 4.74 Å². The average Bonchev–Trinajstić information content (AvgIpc) is 3.05. The Morgan fingerprint density at radius 3 is 2.48 bits per heavy atom. The molecule has 0 aliphatic carbocycles. The monoisotopic (exact) mass is 332 g/mol. The summed E-state index contributed by atoms with van der Waals surface area (Å²) in [5.74, 6) is -1.55. The minimum Gasteiger partial charge on any atom is -0.452 e. The molecule has 0 fully saturated rings. The van der Waals surface area contributed by atoms with Crippen molar-refractivity contribution < 1.29 is 19.1 Å². The molecule has 6 nitrogen and oxygen atoms in total. The van der Waals surface area contributed by atoms with Gasteiger partial charge in [0.05, 0.1) is 6.42 Å². The second-order valence-electron chi connectivity index (χ2n) is 4.70. The van der Waals surface area contributed by atoms with Gasteiger partial charge in [-0.3, -0.25) is 25.2 Å². The lowest BCUT2D eigenvalue weighted by Crippen LogP contribution is -2.46. The van der Waals surface area contributed by atoms with Crippen LogP contribution in [0.1, 0.15) is 22.2 Å². The van der Waals surface area contributed by atoms with Gasteiger partial charge in [0, 0.05) is 10.4 Å². The maximum absolute atomic E-state index is 11.8. The number of nitrogens with one attached hydrogen (secondary N) is 2. The van der Waals surface area contributed by atoms with Crippen LogP contribution < -0.4 is 10.9 Å². The van der Waals surface area contributed by atoms with Crippen molar-refractivity contribution in [3.05, 3.63) is 58.3 Å². The Labute approximate surface area is 137 Å². The van der Waals surface area contributed by atoms with E-state index in [2.05, 4.69) is 10.9 Å². The summed E-state index contributed by atoms with van der Waals surface area (Å²) < 4.78 is 5.03. The number of hydrogen-bond acceptors (Lipinski definition) is 5. The normalized spacial score (nSPS) is 11.3. The molecular formula is C16H16N2O4S. The first-order valence-corrected chi connectivity index (χ1v) is 7.81. The molecule has 7 heteroatoms. The SMILES string of the molecule is C[C@H](OC(=O)Cc1cccs1)C(=O)NNC(=O)c1ccccc1. The Morgan fingerprint density at radius 1 is 1.09 bits per heavy atom. The van der Waals surface area contributed by atoms with Crippen molar-refractivity contribution in [2.24, 2.45) is 0 Å². The lowest BCUT2D eigenvalue weighted by atomic mass is 10.2. The maximum atomic E-state index is 11.8. The fourth-order valence-electron chi connectivity index (χ4n) is 1.73. The highest BCUT2D eigenvalue weighted by Crippen LogP contribution is 2.10. The molecule has 120 valence electrons. The van der Waals surface area contributed by atoms with Gasteiger partial charge >= 0.3 is 5.97 Å². The van der Waals surface area contributed by atoms with E-state index < -0.39 is 23.9 Å². The van der Waals surface area contributed by atoms with E-state index in [-0.39, 0.29) is 6.42 Å². The summed E-state index contributed by atoms with van der Waals surface area (Å²) in [6, 6.07) is 12.1. The standard InChI is InChI=1S/C16H16N2O4S/c1-11(22-14(19)10-13-8-5-9-23-13)15(20)17-18-16(21)12-6-3-2-4-7-12/h2-9,11H,10H2,1H3,(H,17,20)(H,18,21)/t11-/m0/s1. The van der Waals surface area contributed by atoms with Crippen LogP contribution in [-0.4, -0.2) is 23.9 Å². The first-order valence-electron chi connectivity index (χ1n) is 6.93. The Morgan fingerprint density at radius 2 is 1.83 bits per heavy atom. The van der Waals surface area contributed by atoms with Crippen molar-refractivity contribution >= 4 is 29.1 Å². The van der Waals surface area contributed by atoms with Crippen molar-refractivity contribution in [1.82, 2.24) is 10.9 Å². The molecule has 0 aliphatic rings. The zero-order valence-electron chi connectivity index (χ0n) is 12.4. The molecular weight excluding hydrogens is 316 g/mol. The van der Waals surface area contributed by atoms with Crippen LogP contribution in [-0.2, 0) is 20.7 Å². The topological polar surface area (TPSA) is 84.5 Å². The van der Waals surface area contributed by atoms with Crippen LogP contribution in [0.5, 0.6) is 0 Å². The van der Waals surface area contributed by atoms with Gasteiger partial charge in [0.15, 0.2) is 6.10 Å². The molecule has 0 saturated heterocycles. The van der Waals surface area contributed by atoms with E-state index in [4.69, 9.17) is 4.74 Å². The Hall–Kier alpha value is -2.67. The number of carbonyl (C=O) groups excluding carboxylic acids is 3. The van der Waals surface area contributed by atoms with Crippen LogP contribution in [0.25, 0.3) is 0 Å². The van der Waals surface area contributed by atoms with Crippen molar-refractivity contribution in [2.45, 2.75) is 19.4 Å². The lowest BCUT2D eigenvalue weighted by molar-refractivity contribution is -0.154. The summed E-state index contributed by atoms with van der Waals surface area (Å²) in [5, 5.41) is 1.86. The highest BCUT2D eigenvalue weighted by Gasteiger charge is 2.19. The summed E-state index contributed by atoms with van der Waals surface area (Å²) in [6.45, 7) is 1.44. The quantitative estimate of drug-likeness (QED) is 0.644. The minimum atomic E-state index is -1.00. The van der Waals surface area contributed by atoms with Crippen LogP contribution in [0.4, 0.5) is 0 Å². The molecule has 0 radical (unpaired) electrons. The highest BCUT2D eigenvalue weighted by atomic mass is 32.1. The molecule has 1 heterocycles. The molecule has 0 bridgehead atoms. The van der Waals surface area contributed by atoms with E-state index in [0.717, 1.165) is 4.88 Å². The van der Waals surface area contributed by atoms with Gasteiger partial charge in [-0.2, -0.15) is 0 Å². The van der Waals surface area contributed by atoms with E-state index in [1.54, 1.807) is 30.3 Å². The summed E-state index contributed by atoms with van der Waals surface area (Å²) in [7, 11) is 0. The second-order valence-corrected chi connectivity index (χ2v) is 5.73. The summed E-state index contributed by atoms with van der Waals surface area (Å²) in [4.78, 5) is 36.2. The van der Waals surface area contributed by atoms with Crippen LogP contribution in [0.3, 0.4) is 0 Å². The third-order valence-corrected chi connectivity index (χ3v) is 3.79. The maximum Gasteiger partial charge on any atom is 0.311 e. The molecule has 2 rings (SSSR count). The molecule has 1 aromatic carbocycles. The fraction of sp³-hybridized carbons (Fsp3) is 0.188. The Bertz CT molecular complexity index is 671. The number of esters is 1. The van der Waals surface area contributed by atoms with E-state index in [1.165, 1.54) is 18.3 Å². The van der Waals surface area contributed by atoms with Gasteiger partial charge in [-0.1, -0.05) is 24.3 Å². The third kappa shape index (κ3) is 5.23. The van der Waals surface area contributed by atoms with Crippen molar-refractivity contribution in [3.63, 3.8) is 0 Å². The van der Waals surface area contributed by atoms with Crippen LogP contribution in [0.2, 0.25) is 0 Å².